The minimum Gasteiger partial charge on any atom is -0.481 e. The van der Waals surface area contributed by atoms with Gasteiger partial charge in [0.25, 0.3) is 0 Å². The van der Waals surface area contributed by atoms with E-state index >= 15 is 0 Å². The van der Waals surface area contributed by atoms with Crippen molar-refractivity contribution in [1.82, 2.24) is 10.2 Å². The fraction of sp³-hybridized carbons (Fsp3) is 0.818. The fourth-order valence-corrected chi connectivity index (χ4v) is 2.09. The van der Waals surface area contributed by atoms with Gasteiger partial charge in [-0.05, 0) is 33.2 Å². The van der Waals surface area contributed by atoms with E-state index in [2.05, 4.69) is 5.32 Å². The highest BCUT2D eigenvalue weighted by atomic mass is 16.4. The molecule has 92 valence electrons. The first kappa shape index (κ1) is 13.0. The zero-order chi connectivity index (χ0) is 12.1. The molecule has 16 heavy (non-hydrogen) atoms. The Morgan fingerprint density at radius 3 is 2.88 bits per heavy atom. The molecule has 2 N–H and O–H groups in total. The van der Waals surface area contributed by atoms with Gasteiger partial charge >= 0.3 is 5.97 Å². The number of rotatable bonds is 4. The van der Waals surface area contributed by atoms with Crippen molar-refractivity contribution >= 4 is 11.9 Å². The van der Waals surface area contributed by atoms with Crippen LogP contribution in [-0.4, -0.2) is 47.1 Å². The smallest absolute Gasteiger partial charge is 0.303 e. The molecular formula is C11H20N2O3. The average molecular weight is 228 g/mol. The van der Waals surface area contributed by atoms with Crippen LogP contribution in [0.2, 0.25) is 0 Å². The molecule has 5 nitrogen and oxygen atoms in total. The minimum atomic E-state index is -0.852. The molecule has 0 bridgehead atoms. The molecule has 1 heterocycles. The molecule has 0 aromatic heterocycles. The summed E-state index contributed by atoms with van der Waals surface area (Å²) in [4.78, 5) is 24.4. The lowest BCUT2D eigenvalue weighted by Crippen LogP contribution is -2.45. The third-order valence-corrected chi connectivity index (χ3v) is 3.05. The summed E-state index contributed by atoms with van der Waals surface area (Å²) in [6, 6.07) is -0.0965. The summed E-state index contributed by atoms with van der Waals surface area (Å²) in [5.41, 5.74) is 0. The first-order valence-electron chi connectivity index (χ1n) is 5.82. The van der Waals surface area contributed by atoms with E-state index in [0.717, 1.165) is 13.0 Å². The molecule has 0 spiro atoms. The van der Waals surface area contributed by atoms with E-state index in [9.17, 15) is 9.59 Å². The number of hydrogen-bond donors (Lipinski definition) is 2. The Kier molecular flexibility index (Phi) is 4.73. The monoisotopic (exact) mass is 228 g/mol. The van der Waals surface area contributed by atoms with Crippen LogP contribution < -0.4 is 5.32 Å². The van der Waals surface area contributed by atoms with Crippen LogP contribution in [0.25, 0.3) is 0 Å². The Morgan fingerprint density at radius 1 is 1.62 bits per heavy atom. The first-order valence-corrected chi connectivity index (χ1v) is 5.82. The van der Waals surface area contributed by atoms with Crippen LogP contribution in [-0.2, 0) is 9.59 Å². The van der Waals surface area contributed by atoms with Crippen LogP contribution in [0.1, 0.15) is 33.1 Å². The Labute approximate surface area is 95.8 Å². The maximum atomic E-state index is 12.1. The molecule has 2 unspecified atom stereocenters. The van der Waals surface area contributed by atoms with Crippen molar-refractivity contribution in [2.45, 2.75) is 45.2 Å². The Bertz CT molecular complexity index is 268. The predicted molar refractivity (Wildman–Crippen MR) is 60.1 cm³/mol. The number of carbonyl (C=O) groups is 2. The number of amides is 1. The number of aliphatic carboxylic acids is 1. The molecule has 1 aliphatic heterocycles. The Balaban J connectivity index is 2.62. The van der Waals surface area contributed by atoms with Crippen molar-refractivity contribution in [1.29, 1.82) is 0 Å². The number of carbonyl (C=O) groups excluding carboxylic acids is 1. The third-order valence-electron chi connectivity index (χ3n) is 3.05. The van der Waals surface area contributed by atoms with Gasteiger partial charge < -0.3 is 15.3 Å². The highest BCUT2D eigenvalue weighted by Crippen LogP contribution is 2.12. The number of carboxylic acid groups (broad SMARTS) is 1. The molecule has 0 radical (unpaired) electrons. The Hall–Kier alpha value is -1.10. The van der Waals surface area contributed by atoms with E-state index in [1.54, 1.807) is 0 Å². The lowest BCUT2D eigenvalue weighted by Gasteiger charge is -2.27. The zero-order valence-electron chi connectivity index (χ0n) is 9.90. The van der Waals surface area contributed by atoms with Crippen molar-refractivity contribution < 1.29 is 14.7 Å². The van der Waals surface area contributed by atoms with Crippen molar-refractivity contribution in [3.8, 4) is 0 Å². The molecule has 0 saturated carbocycles. The van der Waals surface area contributed by atoms with Crippen LogP contribution in [0.5, 0.6) is 0 Å². The largest absolute Gasteiger partial charge is 0.481 e. The van der Waals surface area contributed by atoms with E-state index < -0.39 is 5.97 Å². The van der Waals surface area contributed by atoms with Crippen LogP contribution in [0.15, 0.2) is 0 Å². The van der Waals surface area contributed by atoms with E-state index in [1.807, 2.05) is 18.7 Å². The topological polar surface area (TPSA) is 69.6 Å². The van der Waals surface area contributed by atoms with E-state index in [4.69, 9.17) is 5.11 Å². The van der Waals surface area contributed by atoms with Gasteiger partial charge in [0.15, 0.2) is 0 Å². The number of hydrogen-bond acceptors (Lipinski definition) is 3. The second-order valence-electron chi connectivity index (χ2n) is 4.20. The fourth-order valence-electron chi connectivity index (χ4n) is 2.09. The van der Waals surface area contributed by atoms with Gasteiger partial charge in [0.05, 0.1) is 6.04 Å². The van der Waals surface area contributed by atoms with Crippen LogP contribution in [0.4, 0.5) is 0 Å². The molecule has 0 aromatic rings. The van der Waals surface area contributed by atoms with Crippen molar-refractivity contribution in [2.75, 3.05) is 13.1 Å². The molecule has 1 amide bonds. The quantitative estimate of drug-likeness (QED) is 0.733. The van der Waals surface area contributed by atoms with Gasteiger partial charge in [-0.3, -0.25) is 9.59 Å². The molecule has 0 aliphatic carbocycles. The number of nitrogens with zero attached hydrogens (tertiary/aromatic N) is 1. The summed E-state index contributed by atoms with van der Waals surface area (Å²) in [6.45, 7) is 5.44. The molecule has 1 aliphatic rings. The minimum absolute atomic E-state index is 0.0359. The van der Waals surface area contributed by atoms with Gasteiger partial charge in [0, 0.05) is 19.0 Å². The second kappa shape index (κ2) is 5.84. The first-order chi connectivity index (χ1) is 7.56. The average Bonchev–Trinajstić information content (AvgIpc) is 2.35. The van der Waals surface area contributed by atoms with Gasteiger partial charge in [0.2, 0.25) is 5.91 Å². The standard InChI is InChI=1S/C11H20N2O3/c1-3-13-8(2)6-7-12-9(11(13)16)4-5-10(14)15/h8-9,12H,3-7H2,1-2H3,(H,14,15). The third kappa shape index (κ3) is 3.20. The number of likely N-dealkylation sites (N-methyl/N-ethyl adjacent to an activating group) is 1. The molecule has 1 saturated heterocycles. The second-order valence-corrected chi connectivity index (χ2v) is 4.20. The van der Waals surface area contributed by atoms with Crippen LogP contribution in [0.3, 0.4) is 0 Å². The van der Waals surface area contributed by atoms with E-state index in [0.29, 0.717) is 13.0 Å². The van der Waals surface area contributed by atoms with Gasteiger partial charge in [-0.2, -0.15) is 0 Å². The molecule has 0 aromatic carbocycles. The van der Waals surface area contributed by atoms with Gasteiger partial charge in [-0.1, -0.05) is 0 Å². The number of nitrogens with one attached hydrogen (secondary N) is 1. The zero-order valence-corrected chi connectivity index (χ0v) is 9.90. The van der Waals surface area contributed by atoms with E-state index in [1.165, 1.54) is 0 Å². The van der Waals surface area contributed by atoms with Gasteiger partial charge in [-0.25, -0.2) is 0 Å². The molecule has 1 rings (SSSR count). The molecule has 2 atom stereocenters. The lowest BCUT2D eigenvalue weighted by atomic mass is 10.1. The lowest BCUT2D eigenvalue weighted by molar-refractivity contribution is -0.138. The Morgan fingerprint density at radius 2 is 2.31 bits per heavy atom. The van der Waals surface area contributed by atoms with Gasteiger partial charge in [-0.15, -0.1) is 0 Å². The summed E-state index contributed by atoms with van der Waals surface area (Å²) in [5.74, 6) is -0.816. The predicted octanol–water partition coefficient (Wildman–Crippen LogP) is 0.450. The molecule has 5 heteroatoms. The van der Waals surface area contributed by atoms with Crippen molar-refractivity contribution in [3.63, 3.8) is 0 Å². The maximum absolute atomic E-state index is 12.1. The van der Waals surface area contributed by atoms with Crippen molar-refractivity contribution in [2.24, 2.45) is 0 Å². The summed E-state index contributed by atoms with van der Waals surface area (Å²) in [6.07, 6.45) is 1.33. The van der Waals surface area contributed by atoms with Crippen LogP contribution in [0, 0.1) is 0 Å². The summed E-state index contributed by atoms with van der Waals surface area (Å²) >= 11 is 0. The van der Waals surface area contributed by atoms with Crippen LogP contribution >= 0.6 is 0 Å². The highest BCUT2D eigenvalue weighted by Gasteiger charge is 2.29. The van der Waals surface area contributed by atoms with E-state index in [-0.39, 0.29) is 24.4 Å². The molecule has 1 fully saturated rings. The number of carboxylic acids is 1. The SMILES string of the molecule is CCN1C(=O)C(CCC(=O)O)NCCC1C. The normalized spacial score (nSPS) is 26.6. The summed E-state index contributed by atoms with van der Waals surface area (Å²) in [5, 5.41) is 11.7. The maximum Gasteiger partial charge on any atom is 0.303 e. The summed E-state index contributed by atoms with van der Waals surface area (Å²) in [7, 11) is 0. The summed E-state index contributed by atoms with van der Waals surface area (Å²) < 4.78 is 0. The molecular weight excluding hydrogens is 208 g/mol. The highest BCUT2D eigenvalue weighted by molar-refractivity contribution is 5.83. The van der Waals surface area contributed by atoms with Gasteiger partial charge in [0.1, 0.15) is 0 Å². The van der Waals surface area contributed by atoms with Crippen molar-refractivity contribution in [3.05, 3.63) is 0 Å².